The Morgan fingerprint density at radius 2 is 2.05 bits per heavy atom. The second kappa shape index (κ2) is 5.24. The average molecular weight is 260 g/mol. The lowest BCUT2D eigenvalue weighted by atomic mass is 10.1. The molecule has 1 heterocycles. The predicted octanol–water partition coefficient (Wildman–Crippen LogP) is 1.72. The molecule has 5 heteroatoms. The summed E-state index contributed by atoms with van der Waals surface area (Å²) >= 11 is 0. The maximum absolute atomic E-state index is 11.1. The van der Waals surface area contributed by atoms with Crippen molar-refractivity contribution in [3.8, 4) is 5.69 Å². The standard InChI is InChI=1S/C14H16N2O3/c1-9-3-4-12(7-10(9)2)16-8-11(5-6-17)13(15-16)14(18)19/h3-4,7-8,17H,5-6H2,1-2H3,(H,18,19). The summed E-state index contributed by atoms with van der Waals surface area (Å²) in [6.07, 6.45) is 1.94. The highest BCUT2D eigenvalue weighted by Crippen LogP contribution is 2.16. The highest BCUT2D eigenvalue weighted by molar-refractivity contribution is 5.87. The van der Waals surface area contributed by atoms with E-state index in [2.05, 4.69) is 5.10 Å². The zero-order chi connectivity index (χ0) is 14.0. The predicted molar refractivity (Wildman–Crippen MR) is 70.8 cm³/mol. The maximum atomic E-state index is 11.1. The first kappa shape index (κ1) is 13.3. The van der Waals surface area contributed by atoms with Crippen LogP contribution in [0.4, 0.5) is 0 Å². The van der Waals surface area contributed by atoms with Crippen molar-refractivity contribution in [2.24, 2.45) is 0 Å². The summed E-state index contributed by atoms with van der Waals surface area (Å²) in [6.45, 7) is 3.91. The van der Waals surface area contributed by atoms with Gasteiger partial charge in [0.05, 0.1) is 5.69 Å². The van der Waals surface area contributed by atoms with Crippen LogP contribution < -0.4 is 0 Å². The van der Waals surface area contributed by atoms with Gasteiger partial charge in [-0.25, -0.2) is 9.48 Å². The molecule has 2 N–H and O–H groups in total. The first-order valence-electron chi connectivity index (χ1n) is 6.03. The topological polar surface area (TPSA) is 75.4 Å². The second-order valence-corrected chi connectivity index (χ2v) is 4.49. The average Bonchev–Trinajstić information content (AvgIpc) is 2.77. The number of carboxylic acid groups (broad SMARTS) is 1. The van der Waals surface area contributed by atoms with E-state index < -0.39 is 5.97 Å². The van der Waals surface area contributed by atoms with E-state index in [0.717, 1.165) is 11.3 Å². The molecule has 0 aliphatic heterocycles. The number of aliphatic hydroxyl groups is 1. The van der Waals surface area contributed by atoms with Gasteiger partial charge >= 0.3 is 5.97 Å². The minimum Gasteiger partial charge on any atom is -0.476 e. The van der Waals surface area contributed by atoms with Gasteiger partial charge in [-0.2, -0.15) is 5.10 Å². The number of rotatable bonds is 4. The van der Waals surface area contributed by atoms with Gasteiger partial charge in [0.15, 0.2) is 5.69 Å². The van der Waals surface area contributed by atoms with Crippen molar-refractivity contribution in [3.05, 3.63) is 46.8 Å². The quantitative estimate of drug-likeness (QED) is 0.877. The number of aliphatic hydroxyl groups excluding tert-OH is 1. The Labute approximate surface area is 111 Å². The van der Waals surface area contributed by atoms with Crippen molar-refractivity contribution in [1.29, 1.82) is 0 Å². The third-order valence-electron chi connectivity index (χ3n) is 3.13. The van der Waals surface area contributed by atoms with Gasteiger partial charge in [-0.15, -0.1) is 0 Å². The van der Waals surface area contributed by atoms with Gasteiger partial charge in [-0.1, -0.05) is 6.07 Å². The molecule has 0 atom stereocenters. The molecule has 0 radical (unpaired) electrons. The molecular formula is C14H16N2O3. The molecule has 0 amide bonds. The molecule has 2 rings (SSSR count). The summed E-state index contributed by atoms with van der Waals surface area (Å²) in [6, 6.07) is 5.82. The van der Waals surface area contributed by atoms with Crippen LogP contribution >= 0.6 is 0 Å². The number of benzene rings is 1. The number of nitrogens with zero attached hydrogens (tertiary/aromatic N) is 2. The SMILES string of the molecule is Cc1ccc(-n2cc(CCO)c(C(=O)O)n2)cc1C. The lowest BCUT2D eigenvalue weighted by molar-refractivity contribution is 0.0688. The third-order valence-corrected chi connectivity index (χ3v) is 3.13. The number of carboxylic acids is 1. The van der Waals surface area contributed by atoms with Crippen LogP contribution in [0.2, 0.25) is 0 Å². The van der Waals surface area contributed by atoms with Crippen molar-refractivity contribution < 1.29 is 15.0 Å². The first-order chi connectivity index (χ1) is 9.02. The highest BCUT2D eigenvalue weighted by Gasteiger charge is 2.16. The summed E-state index contributed by atoms with van der Waals surface area (Å²) in [4.78, 5) is 11.1. The lowest BCUT2D eigenvalue weighted by Crippen LogP contribution is -2.04. The summed E-state index contributed by atoms with van der Waals surface area (Å²) in [5, 5.41) is 22.1. The maximum Gasteiger partial charge on any atom is 0.356 e. The van der Waals surface area contributed by atoms with Crippen LogP contribution in [0.5, 0.6) is 0 Å². The Morgan fingerprint density at radius 1 is 1.32 bits per heavy atom. The molecule has 0 bridgehead atoms. The molecule has 19 heavy (non-hydrogen) atoms. The Balaban J connectivity index is 2.47. The van der Waals surface area contributed by atoms with Gasteiger partial charge in [0.25, 0.3) is 0 Å². The van der Waals surface area contributed by atoms with Crippen LogP contribution in [-0.2, 0) is 6.42 Å². The van der Waals surface area contributed by atoms with Gasteiger partial charge in [0.1, 0.15) is 0 Å². The van der Waals surface area contributed by atoms with Crippen LogP contribution in [0.1, 0.15) is 27.2 Å². The van der Waals surface area contributed by atoms with Crippen molar-refractivity contribution in [2.45, 2.75) is 20.3 Å². The summed E-state index contributed by atoms with van der Waals surface area (Å²) < 4.78 is 1.54. The van der Waals surface area contributed by atoms with Gasteiger partial charge in [0.2, 0.25) is 0 Å². The molecule has 0 unspecified atom stereocenters. The molecule has 0 fully saturated rings. The van der Waals surface area contributed by atoms with E-state index in [1.165, 1.54) is 5.56 Å². The molecule has 100 valence electrons. The molecule has 0 spiro atoms. The van der Waals surface area contributed by atoms with Crippen molar-refractivity contribution in [3.63, 3.8) is 0 Å². The Morgan fingerprint density at radius 3 is 2.63 bits per heavy atom. The molecule has 5 nitrogen and oxygen atoms in total. The van der Waals surface area contributed by atoms with E-state index in [0.29, 0.717) is 5.56 Å². The Hall–Kier alpha value is -2.14. The molecule has 0 saturated heterocycles. The van der Waals surface area contributed by atoms with E-state index in [1.807, 2.05) is 32.0 Å². The molecule has 2 aromatic rings. The smallest absolute Gasteiger partial charge is 0.356 e. The molecule has 0 aliphatic carbocycles. The van der Waals surface area contributed by atoms with Gasteiger partial charge in [0, 0.05) is 18.4 Å². The van der Waals surface area contributed by atoms with E-state index in [9.17, 15) is 4.79 Å². The third kappa shape index (κ3) is 2.66. The van der Waals surface area contributed by atoms with E-state index in [-0.39, 0.29) is 18.7 Å². The van der Waals surface area contributed by atoms with Crippen LogP contribution in [0.15, 0.2) is 24.4 Å². The van der Waals surface area contributed by atoms with E-state index in [1.54, 1.807) is 10.9 Å². The second-order valence-electron chi connectivity index (χ2n) is 4.49. The van der Waals surface area contributed by atoms with Crippen molar-refractivity contribution >= 4 is 5.97 Å². The fourth-order valence-corrected chi connectivity index (χ4v) is 1.89. The van der Waals surface area contributed by atoms with Gasteiger partial charge < -0.3 is 10.2 Å². The van der Waals surface area contributed by atoms with Crippen LogP contribution in [0.25, 0.3) is 5.69 Å². The number of aromatic nitrogens is 2. The van der Waals surface area contributed by atoms with Crippen LogP contribution in [0.3, 0.4) is 0 Å². The van der Waals surface area contributed by atoms with E-state index in [4.69, 9.17) is 10.2 Å². The fourth-order valence-electron chi connectivity index (χ4n) is 1.89. The zero-order valence-corrected chi connectivity index (χ0v) is 10.9. The normalized spacial score (nSPS) is 10.7. The Bertz CT molecular complexity index is 617. The molecule has 0 aliphatic rings. The van der Waals surface area contributed by atoms with Crippen LogP contribution in [-0.4, -0.2) is 32.6 Å². The minimum atomic E-state index is -1.08. The fraction of sp³-hybridized carbons (Fsp3) is 0.286. The number of hydrogen-bond acceptors (Lipinski definition) is 3. The number of carbonyl (C=O) groups is 1. The monoisotopic (exact) mass is 260 g/mol. The molecule has 1 aromatic heterocycles. The summed E-state index contributed by atoms with van der Waals surface area (Å²) in [5.41, 5.74) is 3.63. The molecule has 0 saturated carbocycles. The molecule has 1 aromatic carbocycles. The number of hydrogen-bond donors (Lipinski definition) is 2. The summed E-state index contributed by atoms with van der Waals surface area (Å²) in [7, 11) is 0. The van der Waals surface area contributed by atoms with Crippen molar-refractivity contribution in [1.82, 2.24) is 9.78 Å². The highest BCUT2D eigenvalue weighted by atomic mass is 16.4. The first-order valence-corrected chi connectivity index (χ1v) is 6.03. The van der Waals surface area contributed by atoms with Crippen LogP contribution in [0, 0.1) is 13.8 Å². The van der Waals surface area contributed by atoms with Gasteiger partial charge in [-0.3, -0.25) is 0 Å². The zero-order valence-electron chi connectivity index (χ0n) is 10.9. The van der Waals surface area contributed by atoms with E-state index >= 15 is 0 Å². The number of aryl methyl sites for hydroxylation is 2. The largest absolute Gasteiger partial charge is 0.476 e. The van der Waals surface area contributed by atoms with Gasteiger partial charge in [-0.05, 0) is 43.5 Å². The van der Waals surface area contributed by atoms with Crippen molar-refractivity contribution in [2.75, 3.05) is 6.61 Å². The number of aromatic carboxylic acids is 1. The Kier molecular flexibility index (Phi) is 3.66. The molecular weight excluding hydrogens is 244 g/mol. The summed E-state index contributed by atoms with van der Waals surface area (Å²) in [5.74, 6) is -1.08. The minimum absolute atomic E-state index is 0.00715. The lowest BCUT2D eigenvalue weighted by Gasteiger charge is -2.04.